The van der Waals surface area contributed by atoms with E-state index in [1.54, 1.807) is 0 Å². The monoisotopic (exact) mass is 494 g/mol. The van der Waals surface area contributed by atoms with Crippen LogP contribution >= 0.6 is 70.6 Å². The number of fused-ring (bicyclic) bond motifs is 6. The van der Waals surface area contributed by atoms with Gasteiger partial charge < -0.3 is 0 Å². The normalized spacial score (nSPS) is 18.7. The Morgan fingerprint density at radius 3 is 1.93 bits per heavy atom. The van der Waals surface area contributed by atoms with Gasteiger partial charge in [-0.25, -0.2) is 0 Å². The summed E-state index contributed by atoms with van der Waals surface area (Å²) in [6.07, 6.45) is 0. The number of thioether (sulfide) groups is 6. The number of hydrogen-bond acceptors (Lipinski definition) is 6. The molecular formula is C24H14S6. The van der Waals surface area contributed by atoms with Gasteiger partial charge in [0.1, 0.15) is 0 Å². The second kappa shape index (κ2) is 7.39. The first kappa shape index (κ1) is 18.8. The summed E-state index contributed by atoms with van der Waals surface area (Å²) >= 11 is 12.0. The number of rotatable bonds is 0. The van der Waals surface area contributed by atoms with E-state index in [0.29, 0.717) is 0 Å². The van der Waals surface area contributed by atoms with E-state index in [2.05, 4.69) is 60.7 Å². The van der Waals surface area contributed by atoms with Gasteiger partial charge in [-0.3, -0.25) is 0 Å². The molecule has 3 heterocycles. The van der Waals surface area contributed by atoms with Crippen LogP contribution in [-0.2, 0) is 0 Å². The lowest BCUT2D eigenvalue weighted by Gasteiger charge is -2.09. The van der Waals surface area contributed by atoms with Crippen molar-refractivity contribution in [3.8, 4) is 0 Å². The molecule has 0 spiro atoms. The summed E-state index contributed by atoms with van der Waals surface area (Å²) in [5.74, 6) is 2.49. The topological polar surface area (TPSA) is 0 Å². The molecule has 4 aromatic rings. The second-order valence-corrected chi connectivity index (χ2v) is 14.6. The van der Waals surface area contributed by atoms with Crippen LogP contribution in [0.5, 0.6) is 0 Å². The fourth-order valence-electron chi connectivity index (χ4n) is 4.10. The molecule has 0 aliphatic carbocycles. The van der Waals surface area contributed by atoms with Crippen LogP contribution in [0.25, 0.3) is 32.3 Å². The second-order valence-electron chi connectivity index (χ2n) is 7.23. The van der Waals surface area contributed by atoms with Crippen LogP contribution < -0.4 is 0 Å². The molecule has 0 bridgehead atoms. The van der Waals surface area contributed by atoms with E-state index >= 15 is 0 Å². The first-order valence-corrected chi connectivity index (χ1v) is 14.9. The van der Waals surface area contributed by atoms with Gasteiger partial charge in [-0.1, -0.05) is 95.6 Å². The Hall–Kier alpha value is -0.760. The fraction of sp³-hybridized carbons (Fsp3) is 0.0833. The van der Waals surface area contributed by atoms with Crippen molar-refractivity contribution in [3.63, 3.8) is 0 Å². The predicted octanol–water partition coefficient (Wildman–Crippen LogP) is 9.56. The molecule has 30 heavy (non-hydrogen) atoms. The van der Waals surface area contributed by atoms with E-state index in [1.807, 2.05) is 70.6 Å². The van der Waals surface area contributed by atoms with Gasteiger partial charge in [-0.15, -0.1) is 23.5 Å². The molecule has 0 nitrogen and oxygen atoms in total. The SMILES string of the molecule is c1ccc2c(c1)ccc1ccc3cc4c(cc3c12)SC(=C1SC2=C(SCCS2)S1)S4. The average Bonchev–Trinajstić information content (AvgIpc) is 3.40. The number of benzene rings is 4. The third-order valence-corrected chi connectivity index (χ3v) is 14.3. The summed E-state index contributed by atoms with van der Waals surface area (Å²) in [6, 6.07) is 22.7. The maximum Gasteiger partial charge on any atom is 0.0717 e. The first-order valence-electron chi connectivity index (χ1n) is 9.67. The van der Waals surface area contributed by atoms with Crippen LogP contribution in [0.4, 0.5) is 0 Å². The average molecular weight is 495 g/mol. The molecule has 4 aromatic carbocycles. The summed E-state index contributed by atoms with van der Waals surface area (Å²) < 4.78 is 5.99. The zero-order chi connectivity index (χ0) is 19.7. The minimum atomic E-state index is 1.24. The van der Waals surface area contributed by atoms with Crippen LogP contribution in [-0.4, -0.2) is 11.5 Å². The van der Waals surface area contributed by atoms with E-state index in [0.717, 1.165) is 0 Å². The van der Waals surface area contributed by atoms with E-state index < -0.39 is 0 Å². The van der Waals surface area contributed by atoms with Gasteiger partial charge in [0.05, 0.1) is 16.9 Å². The van der Waals surface area contributed by atoms with Crippen molar-refractivity contribution in [2.45, 2.75) is 9.79 Å². The Morgan fingerprint density at radius 2 is 1.13 bits per heavy atom. The molecule has 0 unspecified atom stereocenters. The summed E-state index contributed by atoms with van der Waals surface area (Å²) in [5, 5.41) is 8.08. The minimum absolute atomic E-state index is 1.24. The zero-order valence-corrected chi connectivity index (χ0v) is 20.5. The predicted molar refractivity (Wildman–Crippen MR) is 145 cm³/mol. The van der Waals surface area contributed by atoms with Crippen LogP contribution in [0.2, 0.25) is 0 Å². The molecule has 0 radical (unpaired) electrons. The molecule has 0 N–H and O–H groups in total. The molecule has 3 aliphatic rings. The van der Waals surface area contributed by atoms with Gasteiger partial charge in [-0.05, 0) is 44.5 Å². The smallest absolute Gasteiger partial charge is 0.0717 e. The Morgan fingerprint density at radius 1 is 0.500 bits per heavy atom. The van der Waals surface area contributed by atoms with Crippen molar-refractivity contribution in [1.29, 1.82) is 0 Å². The third-order valence-electron chi connectivity index (χ3n) is 5.45. The lowest BCUT2D eigenvalue weighted by Crippen LogP contribution is -1.88. The summed E-state index contributed by atoms with van der Waals surface area (Å²) in [5.41, 5.74) is 0. The van der Waals surface area contributed by atoms with Gasteiger partial charge >= 0.3 is 0 Å². The standard InChI is InChI=1S/C24H14S6/c1-2-4-16-13(3-1)5-6-14-7-8-15-11-18-19(12-17(15)20(14)16)28-23(27-18)24-29-21-22(30-24)26-10-9-25-21/h1-8,11-12H,9-10H2. The Kier molecular flexibility index (Phi) is 4.63. The van der Waals surface area contributed by atoms with E-state index in [9.17, 15) is 0 Å². The summed E-state index contributed by atoms with van der Waals surface area (Å²) in [6.45, 7) is 0. The summed E-state index contributed by atoms with van der Waals surface area (Å²) in [7, 11) is 0. The van der Waals surface area contributed by atoms with Gasteiger partial charge in [0.25, 0.3) is 0 Å². The molecule has 0 saturated heterocycles. The highest BCUT2D eigenvalue weighted by molar-refractivity contribution is 8.42. The molecule has 3 aliphatic heterocycles. The zero-order valence-electron chi connectivity index (χ0n) is 15.6. The molecule has 0 aromatic heterocycles. The largest absolute Gasteiger partial charge is 0.116 e. The first-order chi connectivity index (χ1) is 14.8. The van der Waals surface area contributed by atoms with Gasteiger partial charge in [0, 0.05) is 21.3 Å². The molecule has 7 rings (SSSR count). The third kappa shape index (κ3) is 2.99. The highest BCUT2D eigenvalue weighted by atomic mass is 32.3. The highest BCUT2D eigenvalue weighted by Crippen LogP contribution is 2.65. The van der Waals surface area contributed by atoms with E-state index in [1.165, 1.54) is 70.6 Å². The molecule has 0 amide bonds. The fourth-order valence-corrected chi connectivity index (χ4v) is 12.9. The minimum Gasteiger partial charge on any atom is -0.116 e. The molecule has 6 heteroatoms. The van der Waals surface area contributed by atoms with Crippen molar-refractivity contribution >= 4 is 103 Å². The van der Waals surface area contributed by atoms with Crippen LogP contribution in [0.15, 0.2) is 87.4 Å². The van der Waals surface area contributed by atoms with Gasteiger partial charge in [-0.2, -0.15) is 0 Å². The van der Waals surface area contributed by atoms with Gasteiger partial charge in [0.15, 0.2) is 0 Å². The van der Waals surface area contributed by atoms with Crippen LogP contribution in [0.3, 0.4) is 0 Å². The molecule has 0 fully saturated rings. The van der Waals surface area contributed by atoms with Crippen molar-refractivity contribution in [2.24, 2.45) is 0 Å². The van der Waals surface area contributed by atoms with Crippen molar-refractivity contribution in [2.75, 3.05) is 11.5 Å². The number of hydrogen-bond donors (Lipinski definition) is 0. The molecule has 146 valence electrons. The lowest BCUT2D eigenvalue weighted by atomic mass is 9.96. The maximum atomic E-state index is 2.44. The van der Waals surface area contributed by atoms with Crippen molar-refractivity contribution in [3.05, 3.63) is 77.6 Å². The molecular weight excluding hydrogens is 481 g/mol. The maximum absolute atomic E-state index is 2.44. The van der Waals surface area contributed by atoms with E-state index in [-0.39, 0.29) is 0 Å². The van der Waals surface area contributed by atoms with Crippen molar-refractivity contribution < 1.29 is 0 Å². The Bertz CT molecular complexity index is 1430. The molecule has 0 atom stereocenters. The Balaban J connectivity index is 1.37. The quantitative estimate of drug-likeness (QED) is 0.222. The lowest BCUT2D eigenvalue weighted by molar-refractivity contribution is 1.30. The van der Waals surface area contributed by atoms with E-state index in [4.69, 9.17) is 0 Å². The summed E-state index contributed by atoms with van der Waals surface area (Å²) in [4.78, 5) is 2.81. The highest BCUT2D eigenvalue weighted by Gasteiger charge is 2.30. The Labute approximate surface area is 200 Å². The van der Waals surface area contributed by atoms with Gasteiger partial charge in [0.2, 0.25) is 0 Å². The molecule has 0 saturated carbocycles. The van der Waals surface area contributed by atoms with Crippen LogP contribution in [0.1, 0.15) is 0 Å². The van der Waals surface area contributed by atoms with Crippen LogP contribution in [0, 0.1) is 0 Å². The van der Waals surface area contributed by atoms with Crippen molar-refractivity contribution in [1.82, 2.24) is 0 Å².